The molecule has 3 nitrogen and oxygen atoms in total. The minimum absolute atomic E-state index is 0.190. The zero-order chi connectivity index (χ0) is 19.9. The van der Waals surface area contributed by atoms with Crippen molar-refractivity contribution in [2.24, 2.45) is 0 Å². The molecule has 0 N–H and O–H groups in total. The van der Waals surface area contributed by atoms with Crippen LogP contribution in [-0.4, -0.2) is 31.1 Å². The first kappa shape index (κ1) is 20.9. The van der Waals surface area contributed by atoms with Crippen LogP contribution in [0.4, 0.5) is 0 Å². The van der Waals surface area contributed by atoms with E-state index in [9.17, 15) is 4.79 Å². The smallest absolute Gasteiger partial charge is 0.338 e. The SMILES string of the molecule is CCOC(=O)c1ccc(C=CCN(C)Cc2ccc(C(C)(C)C)cc2)cc1. The van der Waals surface area contributed by atoms with Crippen molar-refractivity contribution in [3.63, 3.8) is 0 Å². The first-order valence-corrected chi connectivity index (χ1v) is 9.51. The summed E-state index contributed by atoms with van der Waals surface area (Å²) in [5.74, 6) is -0.273. The molecular formula is C24H31NO2. The standard InChI is InChI=1S/C24H31NO2/c1-6-27-23(26)21-13-9-19(10-14-21)8-7-17-25(5)18-20-11-15-22(16-12-20)24(2,3)4/h7-16H,6,17-18H2,1-5H3. The highest BCUT2D eigenvalue weighted by molar-refractivity contribution is 5.89. The summed E-state index contributed by atoms with van der Waals surface area (Å²) in [6.45, 7) is 10.7. The van der Waals surface area contributed by atoms with E-state index in [1.165, 1.54) is 11.1 Å². The van der Waals surface area contributed by atoms with Crippen molar-refractivity contribution in [3.8, 4) is 0 Å². The topological polar surface area (TPSA) is 29.5 Å². The Morgan fingerprint density at radius 2 is 1.67 bits per heavy atom. The lowest BCUT2D eigenvalue weighted by Crippen LogP contribution is -2.18. The Hall–Kier alpha value is -2.39. The molecule has 0 bridgehead atoms. The molecule has 0 aliphatic rings. The molecule has 0 amide bonds. The maximum absolute atomic E-state index is 11.7. The quantitative estimate of drug-likeness (QED) is 0.623. The second kappa shape index (κ2) is 9.52. The van der Waals surface area contributed by atoms with Gasteiger partial charge in [0.25, 0.3) is 0 Å². The van der Waals surface area contributed by atoms with E-state index in [1.54, 1.807) is 12.1 Å². The zero-order valence-electron chi connectivity index (χ0n) is 17.2. The zero-order valence-corrected chi connectivity index (χ0v) is 17.2. The summed E-state index contributed by atoms with van der Waals surface area (Å²) in [4.78, 5) is 13.9. The van der Waals surface area contributed by atoms with Crippen LogP contribution in [0.3, 0.4) is 0 Å². The fraction of sp³-hybridized carbons (Fsp3) is 0.375. The third-order valence-electron chi connectivity index (χ3n) is 4.42. The lowest BCUT2D eigenvalue weighted by atomic mass is 9.87. The van der Waals surface area contributed by atoms with Crippen molar-refractivity contribution in [3.05, 3.63) is 76.9 Å². The normalized spacial score (nSPS) is 11.9. The van der Waals surface area contributed by atoms with E-state index >= 15 is 0 Å². The molecule has 0 saturated heterocycles. The van der Waals surface area contributed by atoms with Crippen molar-refractivity contribution in [2.75, 3.05) is 20.2 Å². The summed E-state index contributed by atoms with van der Waals surface area (Å²) in [5.41, 5.74) is 4.53. The number of carbonyl (C=O) groups is 1. The molecule has 0 fully saturated rings. The summed E-state index contributed by atoms with van der Waals surface area (Å²) >= 11 is 0. The van der Waals surface area contributed by atoms with Crippen molar-refractivity contribution in [2.45, 2.75) is 39.7 Å². The molecule has 2 aromatic carbocycles. The van der Waals surface area contributed by atoms with Gasteiger partial charge in [-0.2, -0.15) is 0 Å². The molecule has 0 heterocycles. The first-order valence-electron chi connectivity index (χ1n) is 9.51. The van der Waals surface area contributed by atoms with Crippen LogP contribution in [0, 0.1) is 0 Å². The molecule has 144 valence electrons. The minimum atomic E-state index is -0.273. The van der Waals surface area contributed by atoms with Crippen LogP contribution in [0.15, 0.2) is 54.6 Å². The van der Waals surface area contributed by atoms with Crippen LogP contribution < -0.4 is 0 Å². The predicted molar refractivity (Wildman–Crippen MR) is 113 cm³/mol. The molecule has 0 saturated carbocycles. The van der Waals surface area contributed by atoms with E-state index in [1.807, 2.05) is 19.1 Å². The van der Waals surface area contributed by atoms with E-state index in [-0.39, 0.29) is 11.4 Å². The lowest BCUT2D eigenvalue weighted by molar-refractivity contribution is 0.0526. The third kappa shape index (κ3) is 6.69. The second-order valence-electron chi connectivity index (χ2n) is 7.89. The van der Waals surface area contributed by atoms with Gasteiger partial charge in [-0.15, -0.1) is 0 Å². The highest BCUT2D eigenvalue weighted by atomic mass is 16.5. The fourth-order valence-electron chi connectivity index (χ4n) is 2.80. The first-order chi connectivity index (χ1) is 12.8. The van der Waals surface area contributed by atoms with E-state index in [0.717, 1.165) is 18.7 Å². The van der Waals surface area contributed by atoms with Crippen LogP contribution in [0.5, 0.6) is 0 Å². The fourth-order valence-corrected chi connectivity index (χ4v) is 2.80. The molecule has 3 heteroatoms. The highest BCUT2D eigenvalue weighted by Crippen LogP contribution is 2.22. The van der Waals surface area contributed by atoms with E-state index in [0.29, 0.717) is 12.2 Å². The Morgan fingerprint density at radius 1 is 1.04 bits per heavy atom. The van der Waals surface area contributed by atoms with Crippen LogP contribution in [0.1, 0.15) is 54.7 Å². The Labute approximate surface area is 163 Å². The van der Waals surface area contributed by atoms with Gasteiger partial charge in [0.2, 0.25) is 0 Å². The van der Waals surface area contributed by atoms with Crippen LogP contribution in [-0.2, 0) is 16.7 Å². The summed E-state index contributed by atoms with van der Waals surface area (Å²) in [5, 5.41) is 0. The van der Waals surface area contributed by atoms with Gasteiger partial charge in [-0.3, -0.25) is 4.90 Å². The van der Waals surface area contributed by atoms with E-state index in [2.05, 4.69) is 69.1 Å². The molecule has 0 spiro atoms. The number of likely N-dealkylation sites (N-methyl/N-ethyl adjacent to an activating group) is 1. The van der Waals surface area contributed by atoms with Gasteiger partial charge in [-0.05, 0) is 48.2 Å². The molecule has 0 aliphatic carbocycles. The number of hydrogen-bond donors (Lipinski definition) is 0. The minimum Gasteiger partial charge on any atom is -0.462 e. The lowest BCUT2D eigenvalue weighted by Gasteiger charge is -2.20. The molecule has 27 heavy (non-hydrogen) atoms. The van der Waals surface area contributed by atoms with Crippen LogP contribution in [0.25, 0.3) is 6.08 Å². The molecular weight excluding hydrogens is 334 g/mol. The second-order valence-corrected chi connectivity index (χ2v) is 7.89. The average molecular weight is 366 g/mol. The van der Waals surface area contributed by atoms with Crippen LogP contribution >= 0.6 is 0 Å². The molecule has 0 radical (unpaired) electrons. The van der Waals surface area contributed by atoms with Crippen molar-refractivity contribution >= 4 is 12.0 Å². The van der Waals surface area contributed by atoms with E-state index < -0.39 is 0 Å². The number of rotatable bonds is 7. The average Bonchev–Trinajstić information content (AvgIpc) is 2.62. The van der Waals surface area contributed by atoms with Gasteiger partial charge in [0, 0.05) is 13.1 Å². The van der Waals surface area contributed by atoms with Gasteiger partial charge in [0.05, 0.1) is 12.2 Å². The van der Waals surface area contributed by atoms with Gasteiger partial charge < -0.3 is 4.74 Å². The molecule has 0 atom stereocenters. The van der Waals surface area contributed by atoms with Crippen molar-refractivity contribution in [1.29, 1.82) is 0 Å². The molecule has 0 aromatic heterocycles. The van der Waals surface area contributed by atoms with Gasteiger partial charge in [-0.25, -0.2) is 4.79 Å². The number of nitrogens with zero attached hydrogens (tertiary/aromatic N) is 1. The third-order valence-corrected chi connectivity index (χ3v) is 4.42. The molecule has 2 aromatic rings. The maximum Gasteiger partial charge on any atom is 0.338 e. The molecule has 0 unspecified atom stereocenters. The van der Waals surface area contributed by atoms with Crippen molar-refractivity contribution < 1.29 is 9.53 Å². The number of esters is 1. The maximum atomic E-state index is 11.7. The number of hydrogen-bond acceptors (Lipinski definition) is 3. The number of carbonyl (C=O) groups excluding carboxylic acids is 1. The van der Waals surface area contributed by atoms with Crippen molar-refractivity contribution in [1.82, 2.24) is 4.90 Å². The Kier molecular flexibility index (Phi) is 7.37. The largest absolute Gasteiger partial charge is 0.462 e. The Morgan fingerprint density at radius 3 is 2.22 bits per heavy atom. The summed E-state index contributed by atoms with van der Waals surface area (Å²) in [7, 11) is 2.12. The summed E-state index contributed by atoms with van der Waals surface area (Å²) < 4.78 is 5.00. The van der Waals surface area contributed by atoms with E-state index in [4.69, 9.17) is 4.74 Å². The molecule has 2 rings (SSSR count). The highest BCUT2D eigenvalue weighted by Gasteiger charge is 2.12. The summed E-state index contributed by atoms with van der Waals surface area (Å²) in [6.07, 6.45) is 4.22. The van der Waals surface area contributed by atoms with Crippen LogP contribution in [0.2, 0.25) is 0 Å². The number of benzene rings is 2. The predicted octanol–water partition coefficient (Wildman–Crippen LogP) is 5.31. The van der Waals surface area contributed by atoms with Gasteiger partial charge >= 0.3 is 5.97 Å². The monoisotopic (exact) mass is 365 g/mol. The van der Waals surface area contributed by atoms with Gasteiger partial charge in [0.15, 0.2) is 0 Å². The Balaban J connectivity index is 1.86. The van der Waals surface area contributed by atoms with Gasteiger partial charge in [-0.1, -0.05) is 69.3 Å². The van der Waals surface area contributed by atoms with Gasteiger partial charge in [0.1, 0.15) is 0 Å². The molecule has 0 aliphatic heterocycles. The Bertz CT molecular complexity index is 752. The number of ether oxygens (including phenoxy) is 1. The summed E-state index contributed by atoms with van der Waals surface area (Å²) in [6, 6.07) is 16.4.